The van der Waals surface area contributed by atoms with Gasteiger partial charge in [0.05, 0.1) is 4.90 Å². The Morgan fingerprint density at radius 3 is 2.40 bits per heavy atom. The van der Waals surface area contributed by atoms with Crippen LogP contribution in [0.3, 0.4) is 0 Å². The van der Waals surface area contributed by atoms with Crippen LogP contribution in [0.2, 0.25) is 5.02 Å². The number of nitrogens with zero attached hydrogens (tertiary/aromatic N) is 1. The number of nitrogens with one attached hydrogen (secondary N) is 2. The molecule has 2 amide bonds. The minimum Gasteiger partial charge on any atom is -0.484 e. The average Bonchev–Trinajstić information content (AvgIpc) is 2.77. The summed E-state index contributed by atoms with van der Waals surface area (Å²) < 4.78 is 32.3. The first-order valence-electron chi connectivity index (χ1n) is 9.44. The zero-order chi connectivity index (χ0) is 21.6. The Morgan fingerprint density at radius 1 is 1.00 bits per heavy atom. The monoisotopic (exact) mass is 451 g/mol. The average molecular weight is 452 g/mol. The van der Waals surface area contributed by atoms with Crippen molar-refractivity contribution < 1.29 is 22.7 Å². The van der Waals surface area contributed by atoms with Crippen LogP contribution in [0.25, 0.3) is 0 Å². The van der Waals surface area contributed by atoms with Crippen LogP contribution >= 0.6 is 11.6 Å². The van der Waals surface area contributed by atoms with Gasteiger partial charge in [0, 0.05) is 23.7 Å². The second-order valence-corrected chi connectivity index (χ2v) is 9.11. The van der Waals surface area contributed by atoms with Crippen molar-refractivity contribution >= 4 is 33.4 Å². The first-order valence-corrected chi connectivity index (χ1v) is 11.3. The van der Waals surface area contributed by atoms with Gasteiger partial charge in [-0.2, -0.15) is 4.31 Å². The van der Waals surface area contributed by atoms with Crippen molar-refractivity contribution in [1.29, 1.82) is 0 Å². The Hall–Kier alpha value is -2.62. The van der Waals surface area contributed by atoms with Gasteiger partial charge in [-0.15, -0.1) is 0 Å². The molecule has 10 heteroatoms. The number of carbonyl (C=O) groups excluding carboxylic acids is 2. The summed E-state index contributed by atoms with van der Waals surface area (Å²) in [5.41, 5.74) is 4.61. The highest BCUT2D eigenvalue weighted by Crippen LogP contribution is 2.21. The van der Waals surface area contributed by atoms with E-state index in [1.54, 1.807) is 24.3 Å². The third-order valence-corrected chi connectivity index (χ3v) is 6.69. The van der Waals surface area contributed by atoms with Crippen LogP contribution in [0, 0.1) is 0 Å². The number of benzene rings is 2. The Bertz CT molecular complexity index is 1010. The molecule has 1 aliphatic rings. The Morgan fingerprint density at radius 2 is 1.70 bits per heavy atom. The van der Waals surface area contributed by atoms with E-state index in [4.69, 9.17) is 16.3 Å². The molecule has 30 heavy (non-hydrogen) atoms. The molecule has 0 aliphatic carbocycles. The van der Waals surface area contributed by atoms with Crippen LogP contribution in [0.1, 0.15) is 29.6 Å². The SMILES string of the molecule is O=C(COc1ccc(Cl)cc1)NNC(=O)c1cccc(S(=O)(=O)N2CCCCC2)c1. The van der Waals surface area contributed by atoms with Gasteiger partial charge >= 0.3 is 0 Å². The number of sulfonamides is 1. The molecule has 0 aromatic heterocycles. The Balaban J connectivity index is 1.55. The van der Waals surface area contributed by atoms with Gasteiger partial charge in [0.1, 0.15) is 5.75 Å². The zero-order valence-corrected chi connectivity index (χ0v) is 17.7. The second-order valence-electron chi connectivity index (χ2n) is 6.74. The molecule has 1 heterocycles. The van der Waals surface area contributed by atoms with Crippen LogP contribution in [-0.4, -0.2) is 44.2 Å². The summed E-state index contributed by atoms with van der Waals surface area (Å²) in [6.45, 7) is 0.635. The molecule has 2 N–H and O–H groups in total. The molecular formula is C20H22ClN3O5S. The number of amides is 2. The maximum absolute atomic E-state index is 12.8. The van der Waals surface area contributed by atoms with E-state index in [1.165, 1.54) is 28.6 Å². The van der Waals surface area contributed by atoms with Crippen LogP contribution in [0.5, 0.6) is 5.75 Å². The van der Waals surface area contributed by atoms with Crippen molar-refractivity contribution in [2.75, 3.05) is 19.7 Å². The number of hydrazine groups is 1. The predicted molar refractivity (Wildman–Crippen MR) is 112 cm³/mol. The summed E-state index contributed by atoms with van der Waals surface area (Å²) in [5.74, 6) is -0.752. The van der Waals surface area contributed by atoms with E-state index in [2.05, 4.69) is 10.9 Å². The highest BCUT2D eigenvalue weighted by Gasteiger charge is 2.26. The molecule has 1 aliphatic heterocycles. The third kappa shape index (κ3) is 5.71. The van der Waals surface area contributed by atoms with Crippen molar-refractivity contribution in [3.8, 4) is 5.75 Å². The molecule has 1 fully saturated rings. The number of carbonyl (C=O) groups is 2. The van der Waals surface area contributed by atoms with Crippen molar-refractivity contribution in [3.05, 3.63) is 59.1 Å². The smallest absolute Gasteiger partial charge is 0.276 e. The fourth-order valence-electron chi connectivity index (χ4n) is 2.97. The summed E-state index contributed by atoms with van der Waals surface area (Å²) in [6, 6.07) is 12.2. The largest absolute Gasteiger partial charge is 0.484 e. The highest BCUT2D eigenvalue weighted by molar-refractivity contribution is 7.89. The highest BCUT2D eigenvalue weighted by atomic mass is 35.5. The van der Waals surface area contributed by atoms with Gasteiger partial charge in [-0.05, 0) is 55.3 Å². The van der Waals surface area contributed by atoms with Crippen LogP contribution in [0.15, 0.2) is 53.4 Å². The number of rotatable bonds is 6. The number of piperidine rings is 1. The minimum absolute atomic E-state index is 0.0504. The molecule has 2 aromatic rings. The summed E-state index contributed by atoms with van der Waals surface area (Å²) in [7, 11) is -3.66. The minimum atomic E-state index is -3.66. The Labute approximate surface area is 180 Å². The molecule has 0 unspecified atom stereocenters. The molecule has 1 saturated heterocycles. The van der Waals surface area contributed by atoms with Crippen molar-refractivity contribution in [2.24, 2.45) is 0 Å². The van der Waals surface area contributed by atoms with Gasteiger partial charge < -0.3 is 4.74 Å². The lowest BCUT2D eigenvalue weighted by Gasteiger charge is -2.26. The summed E-state index contributed by atoms with van der Waals surface area (Å²) in [5, 5.41) is 0.545. The van der Waals surface area contributed by atoms with E-state index in [1.807, 2.05) is 0 Å². The summed E-state index contributed by atoms with van der Waals surface area (Å²) >= 11 is 5.78. The van der Waals surface area contributed by atoms with E-state index in [0.717, 1.165) is 19.3 Å². The molecule has 160 valence electrons. The number of halogens is 1. The van der Waals surface area contributed by atoms with Gasteiger partial charge in [-0.3, -0.25) is 20.4 Å². The van der Waals surface area contributed by atoms with E-state index in [-0.39, 0.29) is 17.1 Å². The second kappa shape index (κ2) is 9.92. The van der Waals surface area contributed by atoms with Gasteiger partial charge in [0.2, 0.25) is 10.0 Å². The lowest BCUT2D eigenvalue weighted by atomic mass is 10.2. The molecule has 0 saturated carbocycles. The number of hydrogen-bond donors (Lipinski definition) is 2. The predicted octanol–water partition coefficient (Wildman–Crippen LogP) is 2.35. The topological polar surface area (TPSA) is 105 Å². The van der Waals surface area contributed by atoms with Gasteiger partial charge in [-0.25, -0.2) is 8.42 Å². The van der Waals surface area contributed by atoms with Crippen molar-refractivity contribution in [2.45, 2.75) is 24.2 Å². The molecular weight excluding hydrogens is 430 g/mol. The molecule has 0 spiro atoms. The quantitative estimate of drug-likeness (QED) is 0.656. The number of hydrogen-bond acceptors (Lipinski definition) is 5. The Kier molecular flexibility index (Phi) is 7.30. The van der Waals surface area contributed by atoms with Crippen LogP contribution < -0.4 is 15.6 Å². The van der Waals surface area contributed by atoms with Crippen LogP contribution in [-0.2, 0) is 14.8 Å². The summed E-state index contributed by atoms with van der Waals surface area (Å²) in [6.07, 6.45) is 2.66. The van der Waals surface area contributed by atoms with E-state index >= 15 is 0 Å². The summed E-state index contributed by atoms with van der Waals surface area (Å²) in [4.78, 5) is 24.2. The fourth-order valence-corrected chi connectivity index (χ4v) is 4.66. The molecule has 3 rings (SSSR count). The molecule has 0 atom stereocenters. The fraction of sp³-hybridized carbons (Fsp3) is 0.300. The number of ether oxygens (including phenoxy) is 1. The standard InChI is InChI=1S/C20H22ClN3O5S/c21-16-7-9-17(10-8-16)29-14-19(25)22-23-20(26)15-5-4-6-18(13-15)30(27,28)24-11-2-1-3-12-24/h4-10,13H,1-3,11-12,14H2,(H,22,25)(H,23,26). The van der Waals surface area contributed by atoms with Crippen LogP contribution in [0.4, 0.5) is 0 Å². The van der Waals surface area contributed by atoms with Crippen molar-refractivity contribution in [3.63, 3.8) is 0 Å². The van der Waals surface area contributed by atoms with Crippen molar-refractivity contribution in [1.82, 2.24) is 15.2 Å². The normalized spacial score (nSPS) is 14.7. The lowest BCUT2D eigenvalue weighted by molar-refractivity contribution is -0.123. The zero-order valence-electron chi connectivity index (χ0n) is 16.1. The lowest BCUT2D eigenvalue weighted by Crippen LogP contribution is -2.43. The molecule has 0 radical (unpaired) electrons. The molecule has 2 aromatic carbocycles. The first kappa shape index (κ1) is 22.1. The van der Waals surface area contributed by atoms with E-state index < -0.39 is 21.8 Å². The van der Waals surface area contributed by atoms with E-state index in [9.17, 15) is 18.0 Å². The molecule has 8 nitrogen and oxygen atoms in total. The van der Waals surface area contributed by atoms with Gasteiger partial charge in [-0.1, -0.05) is 24.1 Å². The third-order valence-electron chi connectivity index (χ3n) is 4.55. The first-order chi connectivity index (χ1) is 14.4. The maximum atomic E-state index is 12.8. The van der Waals surface area contributed by atoms with Gasteiger partial charge in [0.15, 0.2) is 6.61 Å². The molecule has 0 bridgehead atoms. The van der Waals surface area contributed by atoms with E-state index in [0.29, 0.717) is 23.9 Å². The van der Waals surface area contributed by atoms with Gasteiger partial charge in [0.25, 0.3) is 11.8 Å². The maximum Gasteiger partial charge on any atom is 0.276 e.